The zero-order valence-electron chi connectivity index (χ0n) is 12.1. The summed E-state index contributed by atoms with van der Waals surface area (Å²) in [7, 11) is 0. The van der Waals surface area contributed by atoms with Gasteiger partial charge >= 0.3 is 5.97 Å². The molecule has 0 aliphatic carbocycles. The van der Waals surface area contributed by atoms with Gasteiger partial charge in [-0.3, -0.25) is 4.79 Å². The molecule has 0 saturated carbocycles. The second-order valence-corrected chi connectivity index (χ2v) is 4.73. The maximum absolute atomic E-state index is 12.5. The molecule has 0 aliphatic heterocycles. The lowest BCUT2D eigenvalue weighted by atomic mass is 10.0. The van der Waals surface area contributed by atoms with Crippen LogP contribution in [0.3, 0.4) is 0 Å². The number of aromatic nitrogens is 1. The van der Waals surface area contributed by atoms with Gasteiger partial charge in [-0.15, -0.1) is 0 Å². The topological polar surface area (TPSA) is 85.2 Å². The van der Waals surface area contributed by atoms with Crippen LogP contribution in [-0.4, -0.2) is 17.6 Å². The third kappa shape index (κ3) is 3.13. The Morgan fingerprint density at radius 1 is 1.29 bits per heavy atom. The first kappa shape index (κ1) is 14.8. The molecule has 0 fully saturated rings. The van der Waals surface area contributed by atoms with Gasteiger partial charge < -0.3 is 15.5 Å². The normalized spacial score (nSPS) is 10.4. The number of aromatic amines is 1. The van der Waals surface area contributed by atoms with E-state index in [0.717, 1.165) is 5.56 Å². The summed E-state index contributed by atoms with van der Waals surface area (Å²) in [6.07, 6.45) is 0.370. The molecular formula is C16H18N2O3. The summed E-state index contributed by atoms with van der Waals surface area (Å²) in [5, 5.41) is 0. The molecular weight excluding hydrogens is 268 g/mol. The van der Waals surface area contributed by atoms with Gasteiger partial charge in [0.15, 0.2) is 0 Å². The summed E-state index contributed by atoms with van der Waals surface area (Å²) < 4.78 is 4.93. The third-order valence-corrected chi connectivity index (χ3v) is 3.23. The number of rotatable bonds is 4. The number of pyridine rings is 1. The summed E-state index contributed by atoms with van der Waals surface area (Å²) in [6, 6.07) is 9.49. The van der Waals surface area contributed by atoms with Crippen molar-refractivity contribution in [1.29, 1.82) is 0 Å². The zero-order chi connectivity index (χ0) is 15.4. The number of H-pyrrole nitrogens is 1. The fourth-order valence-electron chi connectivity index (χ4n) is 2.21. The first-order valence-corrected chi connectivity index (χ1v) is 6.76. The number of ether oxygens (including phenoxy) is 1. The SMILES string of the molecule is CCOC(=O)c1c(C)[nH]c(N)c(Cc2ccccc2)c1=O. The van der Waals surface area contributed by atoms with Crippen LogP contribution in [0.2, 0.25) is 0 Å². The van der Waals surface area contributed by atoms with Gasteiger partial charge in [-0.05, 0) is 19.4 Å². The number of nitrogen functional groups attached to an aromatic ring is 1. The Morgan fingerprint density at radius 3 is 2.57 bits per heavy atom. The highest BCUT2D eigenvalue weighted by atomic mass is 16.5. The Hall–Kier alpha value is -2.56. The number of nitrogens with two attached hydrogens (primary N) is 1. The molecule has 2 rings (SSSR count). The highest BCUT2D eigenvalue weighted by Gasteiger charge is 2.20. The van der Waals surface area contributed by atoms with Gasteiger partial charge in [0.2, 0.25) is 5.43 Å². The third-order valence-electron chi connectivity index (χ3n) is 3.23. The molecule has 110 valence electrons. The molecule has 0 aliphatic rings. The minimum atomic E-state index is -0.620. The number of carbonyl (C=O) groups is 1. The molecule has 0 spiro atoms. The number of esters is 1. The van der Waals surface area contributed by atoms with Crippen LogP contribution in [0.4, 0.5) is 5.82 Å². The highest BCUT2D eigenvalue weighted by Crippen LogP contribution is 2.14. The van der Waals surface area contributed by atoms with Crippen molar-refractivity contribution in [3.63, 3.8) is 0 Å². The van der Waals surface area contributed by atoms with E-state index >= 15 is 0 Å². The molecule has 0 saturated heterocycles. The van der Waals surface area contributed by atoms with Gasteiger partial charge in [-0.1, -0.05) is 30.3 Å². The maximum Gasteiger partial charge on any atom is 0.343 e. The molecule has 1 heterocycles. The van der Waals surface area contributed by atoms with Gasteiger partial charge in [-0.25, -0.2) is 4.79 Å². The quantitative estimate of drug-likeness (QED) is 0.842. The lowest BCUT2D eigenvalue weighted by molar-refractivity contribution is 0.0523. The second kappa shape index (κ2) is 6.26. The molecule has 2 aromatic rings. The molecule has 1 aromatic carbocycles. The Kier molecular flexibility index (Phi) is 4.42. The molecule has 0 atom stereocenters. The van der Waals surface area contributed by atoms with Gasteiger partial charge in [0.25, 0.3) is 0 Å². The van der Waals surface area contributed by atoms with E-state index in [4.69, 9.17) is 10.5 Å². The number of nitrogens with one attached hydrogen (secondary N) is 1. The van der Waals surface area contributed by atoms with E-state index in [0.29, 0.717) is 17.7 Å². The molecule has 0 bridgehead atoms. The molecule has 0 amide bonds. The fraction of sp³-hybridized carbons (Fsp3) is 0.250. The Balaban J connectivity index is 2.49. The van der Waals surface area contributed by atoms with Crippen molar-refractivity contribution in [1.82, 2.24) is 4.98 Å². The number of anilines is 1. The highest BCUT2D eigenvalue weighted by molar-refractivity contribution is 5.91. The lowest BCUT2D eigenvalue weighted by Crippen LogP contribution is -2.25. The smallest absolute Gasteiger partial charge is 0.343 e. The molecule has 21 heavy (non-hydrogen) atoms. The number of hydrogen-bond acceptors (Lipinski definition) is 4. The van der Waals surface area contributed by atoms with Crippen molar-refractivity contribution in [2.75, 3.05) is 12.3 Å². The van der Waals surface area contributed by atoms with Gasteiger partial charge in [0.05, 0.1) is 6.61 Å². The van der Waals surface area contributed by atoms with E-state index in [1.165, 1.54) is 0 Å². The molecule has 3 N–H and O–H groups in total. The van der Waals surface area contributed by atoms with Crippen molar-refractivity contribution in [3.8, 4) is 0 Å². The van der Waals surface area contributed by atoms with Crippen LogP contribution in [0.5, 0.6) is 0 Å². The Morgan fingerprint density at radius 2 is 1.95 bits per heavy atom. The van der Waals surface area contributed by atoms with Crippen molar-refractivity contribution >= 4 is 11.8 Å². The van der Waals surface area contributed by atoms with Gasteiger partial charge in [-0.2, -0.15) is 0 Å². The summed E-state index contributed by atoms with van der Waals surface area (Å²) >= 11 is 0. The van der Waals surface area contributed by atoms with Crippen molar-refractivity contribution in [3.05, 3.63) is 62.9 Å². The van der Waals surface area contributed by atoms with Crippen LogP contribution in [0, 0.1) is 6.92 Å². The number of carbonyl (C=O) groups excluding carboxylic acids is 1. The van der Waals surface area contributed by atoms with Crippen LogP contribution < -0.4 is 11.2 Å². The number of aryl methyl sites for hydroxylation is 1. The van der Waals surface area contributed by atoms with Crippen LogP contribution in [0.15, 0.2) is 35.1 Å². The monoisotopic (exact) mass is 286 g/mol. The Bertz CT molecular complexity index is 705. The molecule has 5 heteroatoms. The van der Waals surface area contributed by atoms with E-state index in [2.05, 4.69) is 4.98 Å². The van der Waals surface area contributed by atoms with Crippen LogP contribution >= 0.6 is 0 Å². The van der Waals surface area contributed by atoms with E-state index in [9.17, 15) is 9.59 Å². The predicted octanol–water partition coefficient (Wildman–Crippen LogP) is 2.03. The van der Waals surface area contributed by atoms with Gasteiger partial charge in [0.1, 0.15) is 11.4 Å². The number of benzene rings is 1. The van der Waals surface area contributed by atoms with Crippen LogP contribution in [-0.2, 0) is 11.2 Å². The Labute approximate surface area is 122 Å². The summed E-state index contributed by atoms with van der Waals surface area (Å²) in [6.45, 7) is 3.55. The average molecular weight is 286 g/mol. The summed E-state index contributed by atoms with van der Waals surface area (Å²) in [5.41, 5.74) is 7.32. The average Bonchev–Trinajstić information content (AvgIpc) is 2.44. The zero-order valence-corrected chi connectivity index (χ0v) is 12.1. The molecule has 5 nitrogen and oxygen atoms in total. The van der Waals surface area contributed by atoms with Crippen molar-refractivity contribution in [2.24, 2.45) is 0 Å². The van der Waals surface area contributed by atoms with Gasteiger partial charge in [0, 0.05) is 17.7 Å². The first-order chi connectivity index (χ1) is 10.0. The van der Waals surface area contributed by atoms with Crippen molar-refractivity contribution in [2.45, 2.75) is 20.3 Å². The molecule has 0 unspecified atom stereocenters. The van der Waals surface area contributed by atoms with Crippen LogP contribution in [0.1, 0.15) is 34.1 Å². The maximum atomic E-state index is 12.5. The standard InChI is InChI=1S/C16H18N2O3/c1-3-21-16(20)13-10(2)18-15(17)12(14(13)19)9-11-7-5-4-6-8-11/h4-8H,3,9H2,1-2H3,(H3,17,18,19). The first-order valence-electron chi connectivity index (χ1n) is 6.76. The minimum absolute atomic E-state index is 0.0250. The minimum Gasteiger partial charge on any atom is -0.462 e. The van der Waals surface area contributed by atoms with Crippen LogP contribution in [0.25, 0.3) is 0 Å². The fourth-order valence-corrected chi connectivity index (χ4v) is 2.21. The second-order valence-electron chi connectivity index (χ2n) is 4.73. The summed E-state index contributed by atoms with van der Waals surface area (Å²) in [5.74, 6) is -0.333. The van der Waals surface area contributed by atoms with E-state index in [-0.39, 0.29) is 23.4 Å². The molecule has 0 radical (unpaired) electrons. The van der Waals surface area contributed by atoms with E-state index in [1.54, 1.807) is 13.8 Å². The predicted molar refractivity (Wildman–Crippen MR) is 81.4 cm³/mol. The molecule has 1 aromatic heterocycles. The summed E-state index contributed by atoms with van der Waals surface area (Å²) in [4.78, 5) is 27.3. The lowest BCUT2D eigenvalue weighted by Gasteiger charge is -2.11. The largest absolute Gasteiger partial charge is 0.462 e. The van der Waals surface area contributed by atoms with E-state index < -0.39 is 5.97 Å². The van der Waals surface area contributed by atoms with Crippen molar-refractivity contribution < 1.29 is 9.53 Å². The number of hydrogen-bond donors (Lipinski definition) is 2. The van der Waals surface area contributed by atoms with E-state index in [1.807, 2.05) is 30.3 Å².